The van der Waals surface area contributed by atoms with E-state index in [1.807, 2.05) is 6.92 Å². The summed E-state index contributed by atoms with van der Waals surface area (Å²) in [6.45, 7) is 3.24. The topological polar surface area (TPSA) is 64.6 Å². The SMILES string of the molecule is CCCOc1ccc(C(=O)CCC(=O)NCCOc2ccc(F)cc2)cc1. The molecule has 0 aliphatic heterocycles. The summed E-state index contributed by atoms with van der Waals surface area (Å²) in [4.78, 5) is 24.0. The van der Waals surface area contributed by atoms with Crippen LogP contribution in [0.3, 0.4) is 0 Å². The quantitative estimate of drug-likeness (QED) is 0.481. The highest BCUT2D eigenvalue weighted by Crippen LogP contribution is 2.14. The largest absolute Gasteiger partial charge is 0.494 e. The lowest BCUT2D eigenvalue weighted by atomic mass is 10.1. The van der Waals surface area contributed by atoms with Gasteiger partial charge in [0.1, 0.15) is 23.9 Å². The van der Waals surface area contributed by atoms with Crippen molar-refractivity contribution in [1.29, 1.82) is 0 Å². The zero-order valence-electron chi connectivity index (χ0n) is 15.4. The normalized spacial score (nSPS) is 10.3. The van der Waals surface area contributed by atoms with E-state index in [2.05, 4.69) is 5.32 Å². The van der Waals surface area contributed by atoms with Crippen molar-refractivity contribution < 1.29 is 23.5 Å². The molecule has 1 N–H and O–H groups in total. The van der Waals surface area contributed by atoms with Gasteiger partial charge in [-0.2, -0.15) is 0 Å². The van der Waals surface area contributed by atoms with Crippen LogP contribution in [0.25, 0.3) is 0 Å². The molecule has 0 aromatic heterocycles. The molecule has 5 nitrogen and oxygen atoms in total. The minimum atomic E-state index is -0.330. The average molecular weight is 373 g/mol. The summed E-state index contributed by atoms with van der Waals surface area (Å²) in [6, 6.07) is 12.6. The van der Waals surface area contributed by atoms with Crippen LogP contribution in [0.5, 0.6) is 11.5 Å². The van der Waals surface area contributed by atoms with Crippen molar-refractivity contribution >= 4 is 11.7 Å². The number of halogens is 1. The van der Waals surface area contributed by atoms with Gasteiger partial charge in [0, 0.05) is 18.4 Å². The Hall–Kier alpha value is -2.89. The fourth-order valence-electron chi connectivity index (χ4n) is 2.31. The molecular weight excluding hydrogens is 349 g/mol. The van der Waals surface area contributed by atoms with Crippen LogP contribution in [0.1, 0.15) is 36.5 Å². The first kappa shape index (κ1) is 20.4. The highest BCUT2D eigenvalue weighted by Gasteiger charge is 2.09. The van der Waals surface area contributed by atoms with Gasteiger partial charge in [0.05, 0.1) is 13.2 Å². The molecule has 0 saturated heterocycles. The Labute approximate surface area is 158 Å². The van der Waals surface area contributed by atoms with Crippen LogP contribution in [0.4, 0.5) is 4.39 Å². The van der Waals surface area contributed by atoms with Crippen molar-refractivity contribution in [3.63, 3.8) is 0 Å². The number of carbonyl (C=O) groups excluding carboxylic acids is 2. The number of hydrogen-bond acceptors (Lipinski definition) is 4. The maximum Gasteiger partial charge on any atom is 0.220 e. The van der Waals surface area contributed by atoms with Gasteiger partial charge in [-0.1, -0.05) is 6.92 Å². The maximum absolute atomic E-state index is 12.8. The fourth-order valence-corrected chi connectivity index (χ4v) is 2.31. The highest BCUT2D eigenvalue weighted by molar-refractivity contribution is 5.98. The number of rotatable bonds is 11. The summed E-state index contributed by atoms with van der Waals surface area (Å²) in [7, 11) is 0. The number of amides is 1. The third-order valence-electron chi connectivity index (χ3n) is 3.73. The van der Waals surface area contributed by atoms with Crippen molar-refractivity contribution in [2.45, 2.75) is 26.2 Å². The summed E-state index contributed by atoms with van der Waals surface area (Å²) < 4.78 is 23.6. The molecule has 0 bridgehead atoms. The van der Waals surface area contributed by atoms with Gasteiger partial charge in [-0.05, 0) is 55.0 Å². The van der Waals surface area contributed by atoms with Gasteiger partial charge in [-0.15, -0.1) is 0 Å². The van der Waals surface area contributed by atoms with E-state index < -0.39 is 0 Å². The van der Waals surface area contributed by atoms with Gasteiger partial charge < -0.3 is 14.8 Å². The zero-order chi connectivity index (χ0) is 19.5. The summed E-state index contributed by atoms with van der Waals surface area (Å²) in [6.07, 6.45) is 1.17. The number of nitrogens with one attached hydrogen (secondary N) is 1. The number of carbonyl (C=O) groups is 2. The monoisotopic (exact) mass is 373 g/mol. The molecule has 0 radical (unpaired) electrons. The van der Waals surface area contributed by atoms with Gasteiger partial charge in [0.2, 0.25) is 5.91 Å². The van der Waals surface area contributed by atoms with Crippen LogP contribution in [0, 0.1) is 5.82 Å². The van der Waals surface area contributed by atoms with Crippen molar-refractivity contribution in [1.82, 2.24) is 5.32 Å². The number of benzene rings is 2. The first-order valence-corrected chi connectivity index (χ1v) is 8.99. The molecular formula is C21H24FNO4. The van der Waals surface area contributed by atoms with Crippen molar-refractivity contribution in [3.05, 3.63) is 59.9 Å². The Bertz CT molecular complexity index is 729. The van der Waals surface area contributed by atoms with Crippen LogP contribution in [0.15, 0.2) is 48.5 Å². The molecule has 27 heavy (non-hydrogen) atoms. The lowest BCUT2D eigenvalue weighted by molar-refractivity contribution is -0.121. The van der Waals surface area contributed by atoms with Gasteiger partial charge in [-0.25, -0.2) is 4.39 Å². The van der Waals surface area contributed by atoms with E-state index in [0.717, 1.165) is 12.2 Å². The molecule has 0 unspecified atom stereocenters. The Morgan fingerprint density at radius 1 is 0.889 bits per heavy atom. The molecule has 0 heterocycles. The summed E-state index contributed by atoms with van der Waals surface area (Å²) >= 11 is 0. The van der Waals surface area contributed by atoms with Crippen LogP contribution in [-0.4, -0.2) is 31.4 Å². The Morgan fingerprint density at radius 2 is 1.48 bits per heavy atom. The fraction of sp³-hybridized carbons (Fsp3) is 0.333. The van der Waals surface area contributed by atoms with Gasteiger partial charge in [0.15, 0.2) is 5.78 Å². The summed E-state index contributed by atoms with van der Waals surface area (Å²) in [5.74, 6) is 0.631. The van der Waals surface area contributed by atoms with E-state index in [1.54, 1.807) is 24.3 Å². The molecule has 1 amide bonds. The van der Waals surface area contributed by atoms with Gasteiger partial charge in [0.25, 0.3) is 0 Å². The second kappa shape index (κ2) is 11.0. The van der Waals surface area contributed by atoms with Crippen LogP contribution >= 0.6 is 0 Å². The van der Waals surface area contributed by atoms with Crippen molar-refractivity contribution in [2.24, 2.45) is 0 Å². The highest BCUT2D eigenvalue weighted by atomic mass is 19.1. The molecule has 0 spiro atoms. The first-order valence-electron chi connectivity index (χ1n) is 8.99. The third-order valence-corrected chi connectivity index (χ3v) is 3.73. The van der Waals surface area contributed by atoms with E-state index in [9.17, 15) is 14.0 Å². The molecule has 2 aromatic carbocycles. The molecule has 6 heteroatoms. The average Bonchev–Trinajstić information content (AvgIpc) is 2.69. The third kappa shape index (κ3) is 7.48. The molecule has 0 saturated carbocycles. The second-order valence-electron chi connectivity index (χ2n) is 5.95. The Morgan fingerprint density at radius 3 is 2.11 bits per heavy atom. The minimum absolute atomic E-state index is 0.0882. The molecule has 0 aliphatic rings. The van der Waals surface area contributed by atoms with E-state index >= 15 is 0 Å². The van der Waals surface area contributed by atoms with Crippen molar-refractivity contribution in [3.8, 4) is 11.5 Å². The minimum Gasteiger partial charge on any atom is -0.494 e. The predicted molar refractivity (Wildman–Crippen MR) is 101 cm³/mol. The van der Waals surface area contributed by atoms with Crippen LogP contribution in [-0.2, 0) is 4.79 Å². The summed E-state index contributed by atoms with van der Waals surface area (Å²) in [5.41, 5.74) is 0.561. The molecule has 144 valence electrons. The van der Waals surface area contributed by atoms with E-state index in [-0.39, 0.29) is 37.0 Å². The predicted octanol–water partition coefficient (Wildman–Crippen LogP) is 3.77. The van der Waals surface area contributed by atoms with Crippen molar-refractivity contribution in [2.75, 3.05) is 19.8 Å². The number of ketones is 1. The summed E-state index contributed by atoms with van der Waals surface area (Å²) in [5, 5.41) is 2.69. The molecule has 0 atom stereocenters. The number of hydrogen-bond donors (Lipinski definition) is 1. The molecule has 0 aliphatic carbocycles. The molecule has 2 aromatic rings. The Balaban J connectivity index is 1.64. The van der Waals surface area contributed by atoms with Gasteiger partial charge in [-0.3, -0.25) is 9.59 Å². The molecule has 0 fully saturated rings. The number of ether oxygens (including phenoxy) is 2. The lowest BCUT2D eigenvalue weighted by Gasteiger charge is -2.08. The number of Topliss-reactive ketones (excluding diaryl/α,β-unsaturated/α-hetero) is 1. The van der Waals surface area contributed by atoms with Crippen LogP contribution in [0.2, 0.25) is 0 Å². The zero-order valence-corrected chi connectivity index (χ0v) is 15.4. The van der Waals surface area contributed by atoms with E-state index in [1.165, 1.54) is 24.3 Å². The Kier molecular flexibility index (Phi) is 8.29. The smallest absolute Gasteiger partial charge is 0.220 e. The lowest BCUT2D eigenvalue weighted by Crippen LogP contribution is -2.28. The second-order valence-corrected chi connectivity index (χ2v) is 5.95. The van der Waals surface area contributed by atoms with Gasteiger partial charge >= 0.3 is 0 Å². The maximum atomic E-state index is 12.8. The van der Waals surface area contributed by atoms with E-state index in [4.69, 9.17) is 9.47 Å². The standard InChI is InChI=1S/C21H24FNO4/c1-2-14-26-18-7-3-16(4-8-18)20(24)11-12-21(25)23-13-15-27-19-9-5-17(22)6-10-19/h3-10H,2,11-15H2,1H3,(H,23,25). The van der Waals surface area contributed by atoms with E-state index in [0.29, 0.717) is 24.5 Å². The molecule has 2 rings (SSSR count). The van der Waals surface area contributed by atoms with Crippen LogP contribution < -0.4 is 14.8 Å². The first-order chi connectivity index (χ1) is 13.1.